The van der Waals surface area contributed by atoms with Gasteiger partial charge in [0.05, 0.1) is 0 Å². The zero-order valence-corrected chi connectivity index (χ0v) is 10.5. The number of hydrogen-bond acceptors (Lipinski definition) is 3. The molecular formula is C16H11FN2O. The Morgan fingerprint density at radius 3 is 2.65 bits per heavy atom. The van der Waals surface area contributed by atoms with E-state index in [1.165, 1.54) is 12.1 Å². The molecule has 0 atom stereocenters. The number of hydrogen-bond donors (Lipinski definition) is 0. The van der Waals surface area contributed by atoms with E-state index in [1.807, 2.05) is 30.4 Å². The van der Waals surface area contributed by atoms with Crippen LogP contribution in [-0.2, 0) is 0 Å². The van der Waals surface area contributed by atoms with Gasteiger partial charge in [0.2, 0.25) is 5.89 Å². The van der Waals surface area contributed by atoms with E-state index in [0.29, 0.717) is 17.0 Å². The largest absolute Gasteiger partial charge is 0.437 e. The Labute approximate surface area is 115 Å². The van der Waals surface area contributed by atoms with Gasteiger partial charge in [-0.15, -0.1) is 0 Å². The lowest BCUT2D eigenvalue weighted by Gasteiger charge is -1.87. The van der Waals surface area contributed by atoms with Crippen molar-refractivity contribution in [2.24, 2.45) is 0 Å². The van der Waals surface area contributed by atoms with E-state index in [-0.39, 0.29) is 5.82 Å². The molecule has 1 aromatic carbocycles. The van der Waals surface area contributed by atoms with E-state index in [2.05, 4.69) is 9.97 Å². The van der Waals surface area contributed by atoms with E-state index in [9.17, 15) is 4.39 Å². The summed E-state index contributed by atoms with van der Waals surface area (Å²) < 4.78 is 18.4. The monoisotopic (exact) mass is 266 g/mol. The lowest BCUT2D eigenvalue weighted by Crippen LogP contribution is -1.72. The Kier molecular flexibility index (Phi) is 3.37. The van der Waals surface area contributed by atoms with Gasteiger partial charge < -0.3 is 4.42 Å². The molecule has 0 fully saturated rings. The Bertz CT molecular complexity index is 776. The van der Waals surface area contributed by atoms with Gasteiger partial charge in [0.1, 0.15) is 11.3 Å². The summed E-state index contributed by atoms with van der Waals surface area (Å²) in [6, 6.07) is 8.10. The number of aromatic nitrogens is 2. The highest BCUT2D eigenvalue weighted by Crippen LogP contribution is 2.17. The molecule has 0 saturated carbocycles. The second-order valence-electron chi connectivity index (χ2n) is 4.16. The van der Waals surface area contributed by atoms with Crippen LogP contribution in [0, 0.1) is 5.82 Å². The van der Waals surface area contributed by atoms with Gasteiger partial charge in [0.15, 0.2) is 5.58 Å². The smallest absolute Gasteiger partial charge is 0.219 e. The lowest BCUT2D eigenvalue weighted by atomic mass is 10.2. The molecule has 3 nitrogen and oxygen atoms in total. The molecule has 0 saturated heterocycles. The fourth-order valence-corrected chi connectivity index (χ4v) is 1.77. The van der Waals surface area contributed by atoms with Crippen LogP contribution in [-0.4, -0.2) is 9.97 Å². The van der Waals surface area contributed by atoms with Crippen molar-refractivity contribution < 1.29 is 8.81 Å². The van der Waals surface area contributed by atoms with E-state index in [4.69, 9.17) is 4.42 Å². The Morgan fingerprint density at radius 2 is 1.80 bits per heavy atom. The second-order valence-corrected chi connectivity index (χ2v) is 4.16. The number of halogens is 1. The third-order valence-corrected chi connectivity index (χ3v) is 2.71. The normalized spacial score (nSPS) is 11.8. The molecule has 0 spiro atoms. The van der Waals surface area contributed by atoms with Crippen LogP contribution in [0.15, 0.2) is 59.3 Å². The maximum atomic E-state index is 13.0. The lowest BCUT2D eigenvalue weighted by molar-refractivity contribution is 0.580. The van der Waals surface area contributed by atoms with Gasteiger partial charge in [0, 0.05) is 24.5 Å². The van der Waals surface area contributed by atoms with Gasteiger partial charge in [0.25, 0.3) is 0 Å². The Morgan fingerprint density at radius 1 is 1.00 bits per heavy atom. The molecule has 0 bridgehead atoms. The molecule has 0 radical (unpaired) electrons. The molecule has 0 aliphatic carbocycles. The Balaban J connectivity index is 1.76. The summed E-state index contributed by atoms with van der Waals surface area (Å²) in [5, 5.41) is 0. The summed E-state index contributed by atoms with van der Waals surface area (Å²) in [4.78, 5) is 8.18. The zero-order chi connectivity index (χ0) is 13.8. The molecular weight excluding hydrogens is 255 g/mol. The predicted octanol–water partition coefficient (Wildman–Crippen LogP) is 4.09. The first-order chi connectivity index (χ1) is 9.81. The second kappa shape index (κ2) is 5.48. The number of nitrogens with zero attached hydrogens (tertiary/aromatic N) is 2. The summed E-state index contributed by atoms with van der Waals surface area (Å²) in [6.45, 7) is 0. The van der Waals surface area contributed by atoms with Crippen molar-refractivity contribution in [3.8, 4) is 0 Å². The standard InChI is InChI=1S/C16H11FN2O/c17-13-5-6-14-15(11-13)20-16(19-14)4-2-1-3-12-7-9-18-10-8-12/h1-11H/b3-1+,4-2+. The van der Waals surface area contributed by atoms with Crippen molar-refractivity contribution in [1.82, 2.24) is 9.97 Å². The number of fused-ring (bicyclic) bond motifs is 1. The number of pyridine rings is 1. The van der Waals surface area contributed by atoms with E-state index in [0.717, 1.165) is 5.56 Å². The molecule has 2 heterocycles. The topological polar surface area (TPSA) is 38.9 Å². The molecule has 0 aliphatic heterocycles. The van der Waals surface area contributed by atoms with E-state index < -0.39 is 0 Å². The molecule has 0 aliphatic rings. The summed E-state index contributed by atoms with van der Waals surface area (Å²) in [5.41, 5.74) is 2.15. The van der Waals surface area contributed by atoms with Crippen molar-refractivity contribution in [2.45, 2.75) is 0 Å². The fourth-order valence-electron chi connectivity index (χ4n) is 1.77. The van der Waals surface area contributed by atoms with Crippen LogP contribution in [0.2, 0.25) is 0 Å². The highest BCUT2D eigenvalue weighted by atomic mass is 19.1. The van der Waals surface area contributed by atoms with Crippen molar-refractivity contribution in [1.29, 1.82) is 0 Å². The molecule has 3 rings (SSSR count). The van der Waals surface area contributed by atoms with Gasteiger partial charge in [-0.3, -0.25) is 4.98 Å². The first kappa shape index (κ1) is 12.3. The van der Waals surface area contributed by atoms with Crippen molar-refractivity contribution >= 4 is 23.3 Å². The van der Waals surface area contributed by atoms with Crippen LogP contribution >= 0.6 is 0 Å². The number of allylic oxidation sites excluding steroid dienone is 2. The van der Waals surface area contributed by atoms with Gasteiger partial charge in [-0.05, 0) is 29.8 Å². The van der Waals surface area contributed by atoms with Gasteiger partial charge in [-0.25, -0.2) is 9.37 Å². The summed E-state index contributed by atoms with van der Waals surface area (Å²) in [5.74, 6) is 0.117. The van der Waals surface area contributed by atoms with E-state index in [1.54, 1.807) is 24.5 Å². The predicted molar refractivity (Wildman–Crippen MR) is 76.3 cm³/mol. The van der Waals surface area contributed by atoms with Crippen molar-refractivity contribution in [2.75, 3.05) is 0 Å². The van der Waals surface area contributed by atoms with Gasteiger partial charge >= 0.3 is 0 Å². The number of benzene rings is 1. The third kappa shape index (κ3) is 2.80. The fraction of sp³-hybridized carbons (Fsp3) is 0. The maximum absolute atomic E-state index is 13.0. The summed E-state index contributed by atoms with van der Waals surface area (Å²) in [7, 11) is 0. The average molecular weight is 266 g/mol. The highest BCUT2D eigenvalue weighted by Gasteiger charge is 2.03. The molecule has 3 aromatic rings. The minimum Gasteiger partial charge on any atom is -0.437 e. The summed E-state index contributed by atoms with van der Waals surface area (Å²) >= 11 is 0. The minimum absolute atomic E-state index is 0.332. The van der Waals surface area contributed by atoms with Crippen LogP contribution in [0.1, 0.15) is 11.5 Å². The quantitative estimate of drug-likeness (QED) is 0.670. The maximum Gasteiger partial charge on any atom is 0.219 e. The molecule has 2 aromatic heterocycles. The Hall–Kier alpha value is -2.75. The molecule has 4 heteroatoms. The zero-order valence-electron chi connectivity index (χ0n) is 10.5. The molecule has 0 unspecified atom stereocenters. The SMILES string of the molecule is Fc1ccc2nc(/C=C/C=C/c3ccncc3)oc2c1. The number of oxazole rings is 1. The molecule has 20 heavy (non-hydrogen) atoms. The van der Waals surface area contributed by atoms with E-state index >= 15 is 0 Å². The third-order valence-electron chi connectivity index (χ3n) is 2.71. The van der Waals surface area contributed by atoms with Crippen LogP contribution < -0.4 is 0 Å². The number of rotatable bonds is 3. The first-order valence-electron chi connectivity index (χ1n) is 6.12. The van der Waals surface area contributed by atoms with Crippen molar-refractivity contribution in [3.05, 3.63) is 72.1 Å². The first-order valence-corrected chi connectivity index (χ1v) is 6.12. The molecule has 0 amide bonds. The molecule has 98 valence electrons. The summed E-state index contributed by atoms with van der Waals surface area (Å²) in [6.07, 6.45) is 10.8. The van der Waals surface area contributed by atoms with Crippen LogP contribution in [0.25, 0.3) is 23.3 Å². The van der Waals surface area contributed by atoms with Gasteiger partial charge in [-0.2, -0.15) is 0 Å². The average Bonchev–Trinajstić information content (AvgIpc) is 2.86. The van der Waals surface area contributed by atoms with Crippen LogP contribution in [0.5, 0.6) is 0 Å². The molecule has 0 N–H and O–H groups in total. The van der Waals surface area contributed by atoms with Crippen molar-refractivity contribution in [3.63, 3.8) is 0 Å². The minimum atomic E-state index is -0.332. The highest BCUT2D eigenvalue weighted by molar-refractivity contribution is 5.74. The van der Waals surface area contributed by atoms with Gasteiger partial charge in [-0.1, -0.05) is 18.2 Å². The van der Waals surface area contributed by atoms with Crippen LogP contribution in [0.4, 0.5) is 4.39 Å². The van der Waals surface area contributed by atoms with Crippen LogP contribution in [0.3, 0.4) is 0 Å².